The predicted molar refractivity (Wildman–Crippen MR) is 90.1 cm³/mol. The fourth-order valence-electron chi connectivity index (χ4n) is 1.90. The van der Waals surface area contributed by atoms with Gasteiger partial charge in [-0.1, -0.05) is 32.8 Å². The van der Waals surface area contributed by atoms with Crippen molar-refractivity contribution in [3.63, 3.8) is 0 Å². The highest BCUT2D eigenvalue weighted by Crippen LogP contribution is 2.10. The van der Waals surface area contributed by atoms with Crippen LogP contribution in [0.4, 0.5) is 5.69 Å². The maximum atomic E-state index is 12.0. The van der Waals surface area contributed by atoms with E-state index in [1.807, 2.05) is 12.1 Å². The largest absolute Gasteiger partial charge is 0.376 e. The zero-order valence-electron chi connectivity index (χ0n) is 13.6. The molecular weight excluding hydrogens is 278 g/mol. The maximum Gasteiger partial charge on any atom is 0.251 e. The lowest BCUT2D eigenvalue weighted by molar-refractivity contribution is -0.119. The molecule has 0 aliphatic carbocycles. The first-order valence-electron chi connectivity index (χ1n) is 8.06. The van der Waals surface area contributed by atoms with E-state index >= 15 is 0 Å². The molecule has 0 unspecified atom stereocenters. The summed E-state index contributed by atoms with van der Waals surface area (Å²) < 4.78 is 0. The lowest BCUT2D eigenvalue weighted by Gasteiger charge is -2.09. The van der Waals surface area contributed by atoms with Crippen LogP contribution in [0.5, 0.6) is 0 Å². The molecule has 1 aromatic carbocycles. The SMILES string of the molecule is CCCCNC(=O)CNc1cccc(C(=O)NCCCC)c1. The van der Waals surface area contributed by atoms with E-state index in [-0.39, 0.29) is 18.4 Å². The van der Waals surface area contributed by atoms with Gasteiger partial charge in [0, 0.05) is 24.3 Å². The molecular formula is C17H27N3O2. The lowest BCUT2D eigenvalue weighted by Crippen LogP contribution is -2.30. The van der Waals surface area contributed by atoms with Gasteiger partial charge in [0.25, 0.3) is 5.91 Å². The first-order chi connectivity index (χ1) is 10.7. The number of anilines is 1. The Morgan fingerprint density at radius 1 is 1.00 bits per heavy atom. The molecule has 1 aromatic rings. The summed E-state index contributed by atoms with van der Waals surface area (Å²) in [5.74, 6) is -0.115. The Morgan fingerprint density at radius 2 is 1.68 bits per heavy atom. The quantitative estimate of drug-likeness (QED) is 0.582. The van der Waals surface area contributed by atoms with Crippen LogP contribution in [-0.2, 0) is 4.79 Å². The van der Waals surface area contributed by atoms with Crippen LogP contribution in [0.15, 0.2) is 24.3 Å². The number of rotatable bonds is 10. The second kappa shape index (κ2) is 10.7. The van der Waals surface area contributed by atoms with Gasteiger partial charge in [-0.3, -0.25) is 9.59 Å². The Hall–Kier alpha value is -2.04. The van der Waals surface area contributed by atoms with Gasteiger partial charge in [-0.2, -0.15) is 0 Å². The Labute approximate surface area is 132 Å². The number of carbonyl (C=O) groups excluding carboxylic acids is 2. The smallest absolute Gasteiger partial charge is 0.251 e. The third-order valence-corrected chi connectivity index (χ3v) is 3.25. The van der Waals surface area contributed by atoms with Gasteiger partial charge >= 0.3 is 0 Å². The lowest BCUT2D eigenvalue weighted by atomic mass is 10.2. The number of carbonyl (C=O) groups is 2. The maximum absolute atomic E-state index is 12.0. The van der Waals surface area contributed by atoms with Crippen molar-refractivity contribution in [1.29, 1.82) is 0 Å². The van der Waals surface area contributed by atoms with Crippen LogP contribution < -0.4 is 16.0 Å². The topological polar surface area (TPSA) is 70.2 Å². The Kier molecular flexibility index (Phi) is 8.72. The molecule has 122 valence electrons. The van der Waals surface area contributed by atoms with Crippen molar-refractivity contribution in [1.82, 2.24) is 10.6 Å². The van der Waals surface area contributed by atoms with Crippen molar-refractivity contribution < 1.29 is 9.59 Å². The Morgan fingerprint density at radius 3 is 2.36 bits per heavy atom. The second-order valence-corrected chi connectivity index (χ2v) is 5.25. The number of unbranched alkanes of at least 4 members (excludes halogenated alkanes) is 2. The fourth-order valence-corrected chi connectivity index (χ4v) is 1.90. The summed E-state index contributed by atoms with van der Waals surface area (Å²) in [6.45, 7) is 5.78. The van der Waals surface area contributed by atoms with E-state index in [2.05, 4.69) is 29.8 Å². The van der Waals surface area contributed by atoms with Gasteiger partial charge in [0.15, 0.2) is 0 Å². The van der Waals surface area contributed by atoms with E-state index in [0.29, 0.717) is 18.7 Å². The molecule has 5 heteroatoms. The second-order valence-electron chi connectivity index (χ2n) is 5.25. The van der Waals surface area contributed by atoms with Crippen molar-refractivity contribution >= 4 is 17.5 Å². The van der Waals surface area contributed by atoms with E-state index in [0.717, 1.165) is 31.4 Å². The highest BCUT2D eigenvalue weighted by atomic mass is 16.2. The molecule has 0 fully saturated rings. The average Bonchev–Trinajstić information content (AvgIpc) is 2.53. The third-order valence-electron chi connectivity index (χ3n) is 3.25. The van der Waals surface area contributed by atoms with Crippen molar-refractivity contribution in [2.24, 2.45) is 0 Å². The summed E-state index contributed by atoms with van der Waals surface area (Å²) in [5.41, 5.74) is 1.38. The van der Waals surface area contributed by atoms with Crippen molar-refractivity contribution in [2.75, 3.05) is 25.0 Å². The van der Waals surface area contributed by atoms with Crippen LogP contribution in [0.1, 0.15) is 49.9 Å². The summed E-state index contributed by atoms with van der Waals surface area (Å²) in [4.78, 5) is 23.6. The standard InChI is InChI=1S/C17H27N3O2/c1-3-5-10-18-16(21)13-20-15-9-7-8-14(12-15)17(22)19-11-6-4-2/h7-9,12,20H,3-6,10-11,13H2,1-2H3,(H,18,21)(H,19,22). The molecule has 0 spiro atoms. The molecule has 0 heterocycles. The Bertz CT molecular complexity index is 475. The van der Waals surface area contributed by atoms with Gasteiger partial charge in [0.05, 0.1) is 6.54 Å². The molecule has 22 heavy (non-hydrogen) atoms. The van der Waals surface area contributed by atoms with Crippen LogP contribution in [-0.4, -0.2) is 31.4 Å². The van der Waals surface area contributed by atoms with Gasteiger partial charge < -0.3 is 16.0 Å². The van der Waals surface area contributed by atoms with Crippen LogP contribution >= 0.6 is 0 Å². The predicted octanol–water partition coefficient (Wildman–Crippen LogP) is 2.54. The highest BCUT2D eigenvalue weighted by Gasteiger charge is 2.06. The molecule has 2 amide bonds. The van der Waals surface area contributed by atoms with Crippen LogP contribution in [0.2, 0.25) is 0 Å². The summed E-state index contributed by atoms with van der Waals surface area (Å²) in [5, 5.41) is 8.77. The van der Waals surface area contributed by atoms with E-state index < -0.39 is 0 Å². The zero-order valence-corrected chi connectivity index (χ0v) is 13.6. The molecule has 1 rings (SSSR count). The normalized spacial score (nSPS) is 10.1. The summed E-state index contributed by atoms with van der Waals surface area (Å²) >= 11 is 0. The van der Waals surface area contributed by atoms with Crippen LogP contribution in [0, 0.1) is 0 Å². The van der Waals surface area contributed by atoms with Gasteiger partial charge in [-0.25, -0.2) is 0 Å². The minimum Gasteiger partial charge on any atom is -0.376 e. The molecule has 0 aromatic heterocycles. The first kappa shape index (κ1) is 18.0. The molecule has 0 saturated heterocycles. The van der Waals surface area contributed by atoms with E-state index in [9.17, 15) is 9.59 Å². The molecule has 0 atom stereocenters. The third kappa shape index (κ3) is 7.11. The van der Waals surface area contributed by atoms with Gasteiger partial charge in [0.2, 0.25) is 5.91 Å². The highest BCUT2D eigenvalue weighted by molar-refractivity contribution is 5.95. The monoisotopic (exact) mass is 305 g/mol. The fraction of sp³-hybridized carbons (Fsp3) is 0.529. The van der Waals surface area contributed by atoms with E-state index in [1.165, 1.54) is 0 Å². The van der Waals surface area contributed by atoms with E-state index in [4.69, 9.17) is 0 Å². The van der Waals surface area contributed by atoms with Crippen molar-refractivity contribution in [3.05, 3.63) is 29.8 Å². The number of hydrogen-bond acceptors (Lipinski definition) is 3. The van der Waals surface area contributed by atoms with Gasteiger partial charge in [-0.05, 0) is 31.0 Å². The minimum atomic E-state index is -0.0792. The van der Waals surface area contributed by atoms with Crippen molar-refractivity contribution in [3.8, 4) is 0 Å². The van der Waals surface area contributed by atoms with Gasteiger partial charge in [-0.15, -0.1) is 0 Å². The number of nitrogens with one attached hydrogen (secondary N) is 3. The minimum absolute atomic E-state index is 0.0359. The molecule has 0 saturated carbocycles. The van der Waals surface area contributed by atoms with Crippen LogP contribution in [0.25, 0.3) is 0 Å². The molecule has 0 aliphatic heterocycles. The van der Waals surface area contributed by atoms with E-state index in [1.54, 1.807) is 12.1 Å². The molecule has 3 N–H and O–H groups in total. The number of amides is 2. The van der Waals surface area contributed by atoms with Crippen molar-refractivity contribution in [2.45, 2.75) is 39.5 Å². The molecule has 5 nitrogen and oxygen atoms in total. The zero-order chi connectivity index (χ0) is 16.2. The number of hydrogen-bond donors (Lipinski definition) is 3. The Balaban J connectivity index is 2.43. The first-order valence-corrected chi connectivity index (χ1v) is 8.06. The molecule has 0 bridgehead atoms. The van der Waals surface area contributed by atoms with Gasteiger partial charge in [0.1, 0.15) is 0 Å². The average molecular weight is 305 g/mol. The number of benzene rings is 1. The summed E-state index contributed by atoms with van der Waals surface area (Å²) in [6.07, 6.45) is 4.07. The summed E-state index contributed by atoms with van der Waals surface area (Å²) in [6, 6.07) is 7.20. The van der Waals surface area contributed by atoms with Crippen LogP contribution in [0.3, 0.4) is 0 Å². The molecule has 0 radical (unpaired) electrons. The summed E-state index contributed by atoms with van der Waals surface area (Å²) in [7, 11) is 0. The molecule has 0 aliphatic rings.